The van der Waals surface area contributed by atoms with E-state index in [1.807, 2.05) is 28.2 Å². The molecule has 0 aliphatic carbocycles. The smallest absolute Gasteiger partial charge is 0.256 e. The molecule has 340 valence electrons. The number of aromatic amines is 1. The Morgan fingerprint density at radius 2 is 0.933 bits per heavy atom. The van der Waals surface area contributed by atoms with Crippen LogP contribution in [0.3, 0.4) is 0 Å². The van der Waals surface area contributed by atoms with E-state index in [0.29, 0.717) is 74.5 Å². The summed E-state index contributed by atoms with van der Waals surface area (Å²) in [5, 5.41) is 17.2. The van der Waals surface area contributed by atoms with Gasteiger partial charge in [-0.15, -0.1) is 0 Å². The molecule has 0 bridgehead atoms. The third-order valence-corrected chi connectivity index (χ3v) is 9.13. The minimum absolute atomic E-state index is 0.0860. The van der Waals surface area contributed by atoms with Crippen LogP contribution in [0, 0.1) is 4.51 Å². The van der Waals surface area contributed by atoms with Gasteiger partial charge in [0.1, 0.15) is 12.1 Å². The Hall–Kier alpha value is -4.50. The van der Waals surface area contributed by atoms with Crippen molar-refractivity contribution in [1.29, 1.82) is 0 Å². The van der Waals surface area contributed by atoms with Crippen LogP contribution in [-0.2, 0) is 28.8 Å². The highest BCUT2D eigenvalue weighted by atomic mass is 32.1. The predicted octanol–water partition coefficient (Wildman–Crippen LogP) is -1.01. The van der Waals surface area contributed by atoms with E-state index in [-0.39, 0.29) is 93.7 Å². The molecule has 1 aromatic heterocycles. The van der Waals surface area contributed by atoms with E-state index in [1.54, 1.807) is 71.2 Å². The van der Waals surface area contributed by atoms with Crippen LogP contribution in [0.15, 0.2) is 18.5 Å². The molecule has 0 fully saturated rings. The van der Waals surface area contributed by atoms with Crippen molar-refractivity contribution in [3.05, 3.63) is 28.5 Å². The number of pyridine rings is 1. The molecule has 7 N–H and O–H groups in total. The van der Waals surface area contributed by atoms with E-state index in [2.05, 4.69) is 36.9 Å². The fourth-order valence-electron chi connectivity index (χ4n) is 5.96. The lowest BCUT2D eigenvalue weighted by Crippen LogP contribution is -2.49. The molecular formula is C40H72N12O7S. The van der Waals surface area contributed by atoms with Gasteiger partial charge in [-0.25, -0.2) is 0 Å². The minimum Gasteiger partial charge on any atom is -0.367 e. The van der Waals surface area contributed by atoms with Gasteiger partial charge < -0.3 is 61.4 Å². The van der Waals surface area contributed by atoms with Crippen molar-refractivity contribution in [2.45, 2.75) is 63.5 Å². The molecule has 1 heterocycles. The first kappa shape index (κ1) is 53.5. The standard InChI is InChI=1S/C40H72N12O7S/c1-48(2)26-34(53)42-18-11-9-15-31(46-36(55)28-50(5)6)38(57)44-20-13-23-52(40(59)30-25-41-22-17-33(30)60)24-14-21-45-39(58)32(47-37(56)29-51(7)8)16-10-12-19-43-35(54)27-49(3)4/h17,22,25,31-32H,9-16,18-21,23-24,26-29H2,1-8H3,(H,41,60)(H,42,53)(H,43,54)(H,44,57)(H,45,58)(H,46,55)(H,47,56)/t31-,32-/m0/s1. The fraction of sp³-hybridized carbons (Fsp3) is 0.700. The van der Waals surface area contributed by atoms with Crippen molar-refractivity contribution >= 4 is 53.6 Å². The molecule has 0 saturated heterocycles. The van der Waals surface area contributed by atoms with Crippen LogP contribution in [0.2, 0.25) is 0 Å². The van der Waals surface area contributed by atoms with Crippen molar-refractivity contribution in [3.8, 4) is 0 Å². The van der Waals surface area contributed by atoms with Gasteiger partial charge in [-0.3, -0.25) is 33.6 Å². The quantitative estimate of drug-likeness (QED) is 0.0353. The van der Waals surface area contributed by atoms with Gasteiger partial charge in [0.15, 0.2) is 0 Å². The number of unbranched alkanes of at least 4 members (excludes halogenated alkanes) is 2. The first-order valence-electron chi connectivity index (χ1n) is 20.6. The molecule has 2 atom stereocenters. The number of carbonyl (C=O) groups is 7. The summed E-state index contributed by atoms with van der Waals surface area (Å²) in [6.07, 6.45) is 7.21. The molecule has 1 aromatic rings. The Morgan fingerprint density at radius 1 is 0.550 bits per heavy atom. The SMILES string of the molecule is CN(C)CC(=O)NCCCC[C@H](NC(=O)CN(C)C)C(=O)NCCCN(CCCNC(=O)[C@H](CCCCNC(=O)CN(C)C)NC(=O)CN(C)C)C(=O)c1c[nH]ccc1=S. The maximum atomic E-state index is 13.7. The number of nitrogens with one attached hydrogen (secondary N) is 7. The maximum absolute atomic E-state index is 13.7. The first-order chi connectivity index (χ1) is 28.4. The summed E-state index contributed by atoms with van der Waals surface area (Å²) in [6, 6.07) is 0.0836. The number of rotatable bonds is 31. The Labute approximate surface area is 361 Å². The van der Waals surface area contributed by atoms with Gasteiger partial charge in [0.25, 0.3) is 5.91 Å². The number of carbonyl (C=O) groups excluding carboxylic acids is 7. The lowest BCUT2D eigenvalue weighted by atomic mass is 10.1. The molecular weight excluding hydrogens is 793 g/mol. The third-order valence-electron chi connectivity index (χ3n) is 8.78. The molecule has 0 spiro atoms. The Bertz CT molecular complexity index is 1480. The van der Waals surface area contributed by atoms with Crippen LogP contribution in [-0.4, -0.2) is 205 Å². The summed E-state index contributed by atoms with van der Waals surface area (Å²) in [4.78, 5) is 101. The van der Waals surface area contributed by atoms with E-state index >= 15 is 0 Å². The monoisotopic (exact) mass is 865 g/mol. The number of amides is 7. The Kier molecular flexibility index (Phi) is 27.2. The van der Waals surface area contributed by atoms with E-state index < -0.39 is 12.1 Å². The highest BCUT2D eigenvalue weighted by molar-refractivity contribution is 7.71. The summed E-state index contributed by atoms with van der Waals surface area (Å²) in [7, 11) is 14.3. The third kappa shape index (κ3) is 25.2. The highest BCUT2D eigenvalue weighted by Crippen LogP contribution is 2.09. The van der Waals surface area contributed by atoms with Crippen molar-refractivity contribution in [3.63, 3.8) is 0 Å². The number of hydrogen-bond donors (Lipinski definition) is 7. The lowest BCUT2D eigenvalue weighted by molar-refractivity contribution is -0.129. The average Bonchev–Trinajstić information content (AvgIpc) is 3.14. The highest BCUT2D eigenvalue weighted by Gasteiger charge is 2.23. The number of likely N-dealkylation sites (N-methyl/N-ethyl adjacent to an activating group) is 4. The summed E-state index contributed by atoms with van der Waals surface area (Å²) in [6.45, 7) is 2.73. The van der Waals surface area contributed by atoms with Gasteiger partial charge in [-0.05, 0) is 114 Å². The first-order valence-corrected chi connectivity index (χ1v) is 21.0. The van der Waals surface area contributed by atoms with Crippen LogP contribution in [0.25, 0.3) is 0 Å². The van der Waals surface area contributed by atoms with Crippen molar-refractivity contribution < 1.29 is 33.6 Å². The van der Waals surface area contributed by atoms with Crippen molar-refractivity contribution in [2.75, 3.05) is 122 Å². The largest absolute Gasteiger partial charge is 0.367 e. The minimum atomic E-state index is -0.774. The van der Waals surface area contributed by atoms with Crippen molar-refractivity contribution in [2.24, 2.45) is 0 Å². The van der Waals surface area contributed by atoms with E-state index in [0.717, 1.165) is 0 Å². The molecule has 0 unspecified atom stereocenters. The van der Waals surface area contributed by atoms with E-state index in [1.165, 1.54) is 0 Å². The molecule has 1 rings (SSSR count). The number of nitrogens with zero attached hydrogens (tertiary/aromatic N) is 5. The second-order valence-electron chi connectivity index (χ2n) is 15.9. The van der Waals surface area contributed by atoms with Gasteiger partial charge >= 0.3 is 0 Å². The van der Waals surface area contributed by atoms with Crippen LogP contribution in [0.1, 0.15) is 61.7 Å². The van der Waals surface area contributed by atoms with E-state index in [4.69, 9.17) is 12.2 Å². The molecule has 60 heavy (non-hydrogen) atoms. The second-order valence-corrected chi connectivity index (χ2v) is 16.3. The van der Waals surface area contributed by atoms with Crippen LogP contribution < -0.4 is 31.9 Å². The summed E-state index contributed by atoms with van der Waals surface area (Å²) < 4.78 is 0.382. The van der Waals surface area contributed by atoms with Gasteiger partial charge in [0, 0.05) is 51.7 Å². The Balaban J connectivity index is 2.86. The maximum Gasteiger partial charge on any atom is 0.256 e. The summed E-state index contributed by atoms with van der Waals surface area (Å²) >= 11 is 5.42. The van der Waals surface area contributed by atoms with E-state index in [9.17, 15) is 33.6 Å². The van der Waals surface area contributed by atoms with Crippen LogP contribution in [0.5, 0.6) is 0 Å². The second kappa shape index (κ2) is 30.5. The topological polar surface area (TPSA) is 224 Å². The van der Waals surface area contributed by atoms with Crippen LogP contribution >= 0.6 is 12.2 Å². The normalized spacial score (nSPS) is 12.2. The zero-order valence-corrected chi connectivity index (χ0v) is 37.9. The zero-order valence-electron chi connectivity index (χ0n) is 37.1. The predicted molar refractivity (Wildman–Crippen MR) is 235 cm³/mol. The number of hydrogen-bond acceptors (Lipinski definition) is 12. The summed E-state index contributed by atoms with van der Waals surface area (Å²) in [5.41, 5.74) is 0.323. The van der Waals surface area contributed by atoms with Gasteiger partial charge in [0.05, 0.1) is 36.3 Å². The number of aromatic nitrogens is 1. The van der Waals surface area contributed by atoms with Gasteiger partial charge in [-0.1, -0.05) is 12.2 Å². The molecule has 0 saturated carbocycles. The molecule has 0 aliphatic rings. The summed E-state index contributed by atoms with van der Waals surface area (Å²) in [5.74, 6) is -1.73. The van der Waals surface area contributed by atoms with Gasteiger partial charge in [-0.2, -0.15) is 0 Å². The molecule has 7 amide bonds. The van der Waals surface area contributed by atoms with Crippen LogP contribution in [0.4, 0.5) is 0 Å². The molecule has 0 aliphatic heterocycles. The Morgan fingerprint density at radius 3 is 1.32 bits per heavy atom. The number of H-pyrrole nitrogens is 1. The molecule has 20 heteroatoms. The zero-order chi connectivity index (χ0) is 45.0. The fourth-order valence-corrected chi connectivity index (χ4v) is 6.17. The molecule has 19 nitrogen and oxygen atoms in total. The molecule has 0 aromatic carbocycles. The van der Waals surface area contributed by atoms with Crippen molar-refractivity contribution in [1.82, 2.24) is 61.4 Å². The lowest BCUT2D eigenvalue weighted by Gasteiger charge is -2.24. The van der Waals surface area contributed by atoms with Gasteiger partial charge in [0.2, 0.25) is 35.4 Å². The molecule has 0 radical (unpaired) electrons. The average molecular weight is 865 g/mol.